The summed E-state index contributed by atoms with van der Waals surface area (Å²) >= 11 is 3.29. The number of rotatable bonds is 8. The zero-order valence-corrected chi connectivity index (χ0v) is 18.9. The van der Waals surface area contributed by atoms with Gasteiger partial charge in [-0.2, -0.15) is 0 Å². The minimum atomic E-state index is -0.772. The summed E-state index contributed by atoms with van der Waals surface area (Å²) in [5.74, 6) is -2.15. The zero-order chi connectivity index (χ0) is 23.1. The summed E-state index contributed by atoms with van der Waals surface area (Å²) in [5.41, 5.74) is 3.40. The molecule has 168 valence electrons. The number of esters is 1. The lowest BCUT2D eigenvalue weighted by Gasteiger charge is -2.17. The van der Waals surface area contributed by atoms with Gasteiger partial charge in [-0.05, 0) is 55.5 Å². The van der Waals surface area contributed by atoms with E-state index in [0.717, 1.165) is 9.48 Å². The Kier molecular flexibility index (Phi) is 7.82. The van der Waals surface area contributed by atoms with Crippen molar-refractivity contribution in [2.45, 2.75) is 13.3 Å². The van der Waals surface area contributed by atoms with Crippen molar-refractivity contribution in [2.24, 2.45) is 5.92 Å². The van der Waals surface area contributed by atoms with Crippen LogP contribution in [0.4, 0.5) is 5.69 Å². The molecule has 0 spiro atoms. The van der Waals surface area contributed by atoms with E-state index in [2.05, 4.69) is 26.7 Å². The van der Waals surface area contributed by atoms with Gasteiger partial charge < -0.3 is 14.8 Å². The first-order chi connectivity index (χ1) is 15.4. The summed E-state index contributed by atoms with van der Waals surface area (Å²) < 4.78 is 11.2. The summed E-state index contributed by atoms with van der Waals surface area (Å²) in [6, 6.07) is 13.4. The molecule has 2 aromatic rings. The van der Waals surface area contributed by atoms with Gasteiger partial charge in [0.25, 0.3) is 11.8 Å². The number of nitrogens with zero attached hydrogens (tertiary/aromatic N) is 1. The Bertz CT molecular complexity index is 994. The predicted molar refractivity (Wildman–Crippen MR) is 119 cm³/mol. The van der Waals surface area contributed by atoms with E-state index in [1.54, 1.807) is 48.5 Å². The molecule has 0 aromatic heterocycles. The highest BCUT2D eigenvalue weighted by Crippen LogP contribution is 2.19. The molecule has 1 heterocycles. The Hall–Kier alpha value is -3.40. The Labute approximate surface area is 193 Å². The molecule has 0 saturated carbocycles. The predicted octanol–water partition coefficient (Wildman–Crippen LogP) is 2.52. The number of hydrogen-bond donors (Lipinski definition) is 2. The minimum absolute atomic E-state index is 0.0273. The van der Waals surface area contributed by atoms with Crippen molar-refractivity contribution < 1.29 is 28.7 Å². The minimum Gasteiger partial charge on any atom is -0.494 e. The number of hydrogen-bond acceptors (Lipinski definition) is 6. The smallest absolute Gasteiger partial charge is 0.311 e. The number of ether oxygens (including phenoxy) is 2. The number of carbonyl (C=O) groups excluding carboxylic acids is 4. The number of halogens is 1. The molecular formula is C22H22BrN3O6. The summed E-state index contributed by atoms with van der Waals surface area (Å²) in [7, 11) is 0. The molecule has 9 nitrogen and oxygen atoms in total. The van der Waals surface area contributed by atoms with Crippen molar-refractivity contribution in [2.75, 3.05) is 25.1 Å². The van der Waals surface area contributed by atoms with Crippen LogP contribution in [0.15, 0.2) is 53.0 Å². The maximum Gasteiger partial charge on any atom is 0.311 e. The van der Waals surface area contributed by atoms with Gasteiger partial charge in [-0.3, -0.25) is 29.6 Å². The van der Waals surface area contributed by atoms with Crippen molar-refractivity contribution in [3.63, 3.8) is 0 Å². The van der Waals surface area contributed by atoms with Crippen molar-refractivity contribution in [3.8, 4) is 5.75 Å². The highest BCUT2D eigenvalue weighted by atomic mass is 79.9. The third-order valence-electron chi connectivity index (χ3n) is 4.60. The van der Waals surface area contributed by atoms with Crippen LogP contribution >= 0.6 is 15.9 Å². The normalized spacial score (nSPS) is 15.2. The van der Waals surface area contributed by atoms with Gasteiger partial charge in [0.05, 0.1) is 19.1 Å². The van der Waals surface area contributed by atoms with Gasteiger partial charge in [-0.1, -0.05) is 15.9 Å². The molecule has 3 rings (SSSR count). The zero-order valence-electron chi connectivity index (χ0n) is 17.3. The number of hydrazine groups is 1. The average Bonchev–Trinajstić information content (AvgIpc) is 3.14. The summed E-state index contributed by atoms with van der Waals surface area (Å²) in [6.45, 7) is 1.90. The molecule has 1 aliphatic rings. The van der Waals surface area contributed by atoms with E-state index in [1.807, 2.05) is 6.92 Å². The second-order valence-corrected chi connectivity index (χ2v) is 7.88. The van der Waals surface area contributed by atoms with Gasteiger partial charge in [0.15, 0.2) is 6.61 Å². The summed E-state index contributed by atoms with van der Waals surface area (Å²) in [5, 5.41) is 3.71. The van der Waals surface area contributed by atoms with Crippen LogP contribution in [0.2, 0.25) is 0 Å². The fourth-order valence-corrected chi connectivity index (χ4v) is 3.28. The van der Waals surface area contributed by atoms with Gasteiger partial charge in [0.1, 0.15) is 5.75 Å². The Morgan fingerprint density at radius 1 is 1.09 bits per heavy atom. The first-order valence-corrected chi connectivity index (χ1v) is 10.7. The largest absolute Gasteiger partial charge is 0.494 e. The van der Waals surface area contributed by atoms with E-state index in [1.165, 1.54) is 0 Å². The Morgan fingerprint density at radius 3 is 2.44 bits per heavy atom. The van der Waals surface area contributed by atoms with E-state index >= 15 is 0 Å². The van der Waals surface area contributed by atoms with E-state index in [9.17, 15) is 19.2 Å². The molecule has 3 amide bonds. The number of carbonyl (C=O) groups is 4. The standard InChI is InChI=1S/C22H22BrN3O6/c1-2-31-18-9-7-17(8-10-18)24-19(27)13-32-22(30)15-11-20(28)26(12-15)25-21(29)14-3-5-16(23)6-4-14/h3-10,15H,2,11-13H2,1H3,(H,24,27)(H,25,29)/t15-/m0/s1. The van der Waals surface area contributed by atoms with Crippen molar-refractivity contribution >= 4 is 45.3 Å². The molecule has 0 unspecified atom stereocenters. The van der Waals surface area contributed by atoms with Gasteiger partial charge in [0, 0.05) is 22.1 Å². The first kappa shape index (κ1) is 23.3. The lowest BCUT2D eigenvalue weighted by atomic mass is 10.1. The van der Waals surface area contributed by atoms with Crippen LogP contribution in [0.25, 0.3) is 0 Å². The van der Waals surface area contributed by atoms with Crippen molar-refractivity contribution in [1.82, 2.24) is 10.4 Å². The molecule has 1 saturated heterocycles. The lowest BCUT2D eigenvalue weighted by Crippen LogP contribution is -2.43. The van der Waals surface area contributed by atoms with E-state index in [0.29, 0.717) is 23.6 Å². The molecule has 1 fully saturated rings. The molecule has 32 heavy (non-hydrogen) atoms. The lowest BCUT2D eigenvalue weighted by molar-refractivity contribution is -0.151. The second-order valence-electron chi connectivity index (χ2n) is 6.97. The van der Waals surface area contributed by atoms with Crippen molar-refractivity contribution in [3.05, 3.63) is 58.6 Å². The first-order valence-electron chi connectivity index (χ1n) is 9.92. The fraction of sp³-hybridized carbons (Fsp3) is 0.273. The summed E-state index contributed by atoms with van der Waals surface area (Å²) in [4.78, 5) is 48.8. The molecule has 2 aromatic carbocycles. The SMILES string of the molecule is CCOc1ccc(NC(=O)COC(=O)[C@H]2CC(=O)N(NC(=O)c3ccc(Br)cc3)C2)cc1. The molecule has 1 atom stereocenters. The highest BCUT2D eigenvalue weighted by Gasteiger charge is 2.36. The fourth-order valence-electron chi connectivity index (χ4n) is 3.01. The molecule has 2 N–H and O–H groups in total. The quantitative estimate of drug-likeness (QED) is 0.535. The van der Waals surface area contributed by atoms with Crippen LogP contribution in [0.3, 0.4) is 0 Å². The molecule has 0 aliphatic carbocycles. The third-order valence-corrected chi connectivity index (χ3v) is 5.12. The number of anilines is 1. The molecule has 0 bridgehead atoms. The van der Waals surface area contributed by atoms with Crippen LogP contribution in [0.1, 0.15) is 23.7 Å². The van der Waals surface area contributed by atoms with Crippen LogP contribution in [0, 0.1) is 5.92 Å². The molecular weight excluding hydrogens is 482 g/mol. The number of nitrogens with one attached hydrogen (secondary N) is 2. The van der Waals surface area contributed by atoms with Gasteiger partial charge in [-0.25, -0.2) is 0 Å². The summed E-state index contributed by atoms with van der Waals surface area (Å²) in [6.07, 6.45) is -0.111. The number of benzene rings is 2. The molecule has 1 aliphatic heterocycles. The maximum absolute atomic E-state index is 12.3. The average molecular weight is 504 g/mol. The van der Waals surface area contributed by atoms with E-state index < -0.39 is 36.2 Å². The highest BCUT2D eigenvalue weighted by molar-refractivity contribution is 9.10. The maximum atomic E-state index is 12.3. The second kappa shape index (κ2) is 10.8. The van der Waals surface area contributed by atoms with Crippen LogP contribution < -0.4 is 15.5 Å². The van der Waals surface area contributed by atoms with Crippen LogP contribution in [-0.4, -0.2) is 48.5 Å². The monoisotopic (exact) mass is 503 g/mol. The van der Waals surface area contributed by atoms with Gasteiger partial charge in [0.2, 0.25) is 5.91 Å². The molecule has 0 radical (unpaired) electrons. The number of amides is 3. The van der Waals surface area contributed by atoms with Crippen molar-refractivity contribution in [1.29, 1.82) is 0 Å². The van der Waals surface area contributed by atoms with Gasteiger partial charge in [-0.15, -0.1) is 0 Å². The van der Waals surface area contributed by atoms with Crippen LogP contribution in [0.5, 0.6) is 5.75 Å². The van der Waals surface area contributed by atoms with Crippen LogP contribution in [-0.2, 0) is 19.1 Å². The Balaban J connectivity index is 1.45. The molecule has 10 heteroatoms. The topological polar surface area (TPSA) is 114 Å². The Morgan fingerprint density at radius 2 is 1.78 bits per heavy atom. The van der Waals surface area contributed by atoms with E-state index in [4.69, 9.17) is 9.47 Å². The third kappa shape index (κ3) is 6.30. The van der Waals surface area contributed by atoms with E-state index in [-0.39, 0.29) is 13.0 Å². The van der Waals surface area contributed by atoms with Gasteiger partial charge >= 0.3 is 5.97 Å².